The summed E-state index contributed by atoms with van der Waals surface area (Å²) < 4.78 is 16.9. The number of ketones is 3. The first-order valence-electron chi connectivity index (χ1n) is 14.0. The molecule has 0 unspecified atom stereocenters. The van der Waals surface area contributed by atoms with E-state index in [1.807, 2.05) is 24.3 Å². The molecule has 8 heteroatoms. The molecule has 2 heterocycles. The van der Waals surface area contributed by atoms with Gasteiger partial charge < -0.3 is 14.2 Å². The second kappa shape index (κ2) is 9.94. The zero-order valence-corrected chi connectivity index (χ0v) is 23.8. The molecule has 4 aromatic carbocycles. The summed E-state index contributed by atoms with van der Waals surface area (Å²) in [6.07, 6.45) is 1.69. The van der Waals surface area contributed by atoms with Gasteiger partial charge in [0.05, 0.1) is 33.6 Å². The van der Waals surface area contributed by atoms with Gasteiger partial charge in [-0.05, 0) is 41.5 Å². The lowest BCUT2D eigenvalue weighted by Crippen LogP contribution is -2.44. The predicted molar refractivity (Wildman–Crippen MR) is 160 cm³/mol. The van der Waals surface area contributed by atoms with Crippen LogP contribution in [-0.4, -0.2) is 55.9 Å². The molecule has 1 fully saturated rings. The number of para-hydroxylation sites is 1. The van der Waals surface area contributed by atoms with E-state index in [9.17, 15) is 14.4 Å². The fourth-order valence-electron chi connectivity index (χ4n) is 7.20. The number of hydrogen-bond donors (Lipinski definition) is 0. The zero-order chi connectivity index (χ0) is 29.9. The SMILES string of the molecule is COc1ccc(C(=O)[C@H]2[C@@H](c3cccc(OC)c3OC)C3(C(=O)c4ccccc4C3=O)[C@H]3c4ccccc4C=NN23)cc1. The molecule has 1 saturated heterocycles. The largest absolute Gasteiger partial charge is 0.497 e. The number of benzene rings is 4. The standard InChI is InChI=1S/C35H28N2O6/c1-41-22-17-15-20(16-18-22)30(38)29-28(26-13-8-14-27(42-2)31(26)43-3)35(33(39)24-11-6-7-12-25(24)34(35)40)32-23-10-5-4-9-21(23)19-36-37(29)32/h4-19,28-29,32H,1-3H3/t28-,29-,32-/m1/s1. The summed E-state index contributed by atoms with van der Waals surface area (Å²) in [5.74, 6) is -0.555. The van der Waals surface area contributed by atoms with Gasteiger partial charge in [-0.25, -0.2) is 0 Å². The number of fused-ring (bicyclic) bond motifs is 5. The summed E-state index contributed by atoms with van der Waals surface area (Å²) >= 11 is 0. The van der Waals surface area contributed by atoms with E-state index in [1.54, 1.807) is 85.1 Å². The Kier molecular flexibility index (Phi) is 6.16. The maximum atomic E-state index is 14.9. The molecule has 0 saturated carbocycles. The first-order chi connectivity index (χ1) is 21.0. The Morgan fingerprint density at radius 2 is 1.40 bits per heavy atom. The third kappa shape index (κ3) is 3.56. The number of hydrazone groups is 1. The molecule has 2 aliphatic heterocycles. The Labute approximate surface area is 248 Å². The van der Waals surface area contributed by atoms with Crippen molar-refractivity contribution >= 4 is 23.6 Å². The second-order valence-electron chi connectivity index (χ2n) is 10.8. The Morgan fingerprint density at radius 1 is 0.744 bits per heavy atom. The second-order valence-corrected chi connectivity index (χ2v) is 10.8. The first kappa shape index (κ1) is 26.6. The Hall–Kier alpha value is -5.24. The van der Waals surface area contributed by atoms with Crippen molar-refractivity contribution in [2.45, 2.75) is 18.0 Å². The molecule has 0 amide bonds. The van der Waals surface area contributed by atoms with Gasteiger partial charge in [0.25, 0.3) is 0 Å². The molecule has 8 nitrogen and oxygen atoms in total. The molecular weight excluding hydrogens is 544 g/mol. The molecule has 43 heavy (non-hydrogen) atoms. The van der Waals surface area contributed by atoms with E-state index < -0.39 is 23.4 Å². The van der Waals surface area contributed by atoms with Crippen molar-refractivity contribution in [1.82, 2.24) is 5.01 Å². The van der Waals surface area contributed by atoms with Crippen LogP contribution in [0.1, 0.15) is 59.7 Å². The van der Waals surface area contributed by atoms with Crippen molar-refractivity contribution < 1.29 is 28.6 Å². The van der Waals surface area contributed by atoms with Gasteiger partial charge in [-0.2, -0.15) is 5.10 Å². The van der Waals surface area contributed by atoms with Gasteiger partial charge >= 0.3 is 0 Å². The molecular formula is C35H28N2O6. The molecule has 3 atom stereocenters. The molecule has 4 aromatic rings. The van der Waals surface area contributed by atoms with Gasteiger partial charge in [0, 0.05) is 28.2 Å². The number of ether oxygens (including phenoxy) is 3. The zero-order valence-electron chi connectivity index (χ0n) is 23.8. The number of Topliss-reactive ketones (excluding diaryl/α,β-unsaturated/α-hetero) is 3. The van der Waals surface area contributed by atoms with Crippen LogP contribution < -0.4 is 14.2 Å². The number of hydrogen-bond acceptors (Lipinski definition) is 8. The fraction of sp³-hybridized carbons (Fsp3) is 0.200. The van der Waals surface area contributed by atoms with Crippen LogP contribution in [0.15, 0.2) is 96.1 Å². The van der Waals surface area contributed by atoms with E-state index in [2.05, 4.69) is 0 Å². The highest BCUT2D eigenvalue weighted by molar-refractivity contribution is 6.31. The minimum absolute atomic E-state index is 0.285. The van der Waals surface area contributed by atoms with Crippen molar-refractivity contribution in [3.63, 3.8) is 0 Å². The number of methoxy groups -OCH3 is 3. The lowest BCUT2D eigenvalue weighted by atomic mass is 9.62. The van der Waals surface area contributed by atoms with Crippen LogP contribution in [0.25, 0.3) is 0 Å². The minimum Gasteiger partial charge on any atom is -0.497 e. The van der Waals surface area contributed by atoms with E-state index in [0.717, 1.165) is 11.1 Å². The van der Waals surface area contributed by atoms with Crippen LogP contribution in [0.5, 0.6) is 17.2 Å². The Bertz CT molecular complexity index is 1790. The van der Waals surface area contributed by atoms with Crippen LogP contribution in [0.4, 0.5) is 0 Å². The highest BCUT2D eigenvalue weighted by Crippen LogP contribution is 2.66. The number of carbonyl (C=O) groups is 3. The van der Waals surface area contributed by atoms with E-state index >= 15 is 0 Å². The van der Waals surface area contributed by atoms with Gasteiger partial charge in [-0.1, -0.05) is 60.7 Å². The number of carbonyl (C=O) groups excluding carboxylic acids is 3. The third-order valence-electron chi connectivity index (χ3n) is 8.99. The average molecular weight is 573 g/mol. The van der Waals surface area contributed by atoms with E-state index in [-0.39, 0.29) is 17.3 Å². The molecule has 1 aliphatic carbocycles. The lowest BCUT2D eigenvalue weighted by molar-refractivity contribution is 0.0585. The minimum atomic E-state index is -1.72. The number of rotatable bonds is 6. The molecule has 1 spiro atoms. The average Bonchev–Trinajstić information content (AvgIpc) is 3.49. The quantitative estimate of drug-likeness (QED) is 0.222. The van der Waals surface area contributed by atoms with Crippen LogP contribution in [-0.2, 0) is 0 Å². The molecule has 0 N–H and O–H groups in total. The number of nitrogens with zero attached hydrogens (tertiary/aromatic N) is 2. The maximum absolute atomic E-state index is 14.9. The predicted octanol–water partition coefficient (Wildman–Crippen LogP) is 5.52. The summed E-state index contributed by atoms with van der Waals surface area (Å²) in [7, 11) is 4.59. The lowest BCUT2D eigenvalue weighted by Gasteiger charge is -2.36. The topological polar surface area (TPSA) is 94.5 Å². The fourth-order valence-corrected chi connectivity index (χ4v) is 7.20. The summed E-state index contributed by atoms with van der Waals surface area (Å²) in [5.41, 5.74) is 1.41. The molecule has 0 radical (unpaired) electrons. The van der Waals surface area contributed by atoms with Gasteiger partial charge in [0.15, 0.2) is 28.8 Å². The maximum Gasteiger partial charge on any atom is 0.187 e. The van der Waals surface area contributed by atoms with Gasteiger partial charge in [-0.3, -0.25) is 19.4 Å². The van der Waals surface area contributed by atoms with Gasteiger partial charge in [0.2, 0.25) is 0 Å². The molecule has 214 valence electrons. The smallest absolute Gasteiger partial charge is 0.187 e. The molecule has 0 bridgehead atoms. The van der Waals surface area contributed by atoms with Crippen molar-refractivity contribution in [1.29, 1.82) is 0 Å². The van der Waals surface area contributed by atoms with Crippen molar-refractivity contribution in [3.05, 3.63) is 124 Å². The van der Waals surface area contributed by atoms with E-state index in [4.69, 9.17) is 19.3 Å². The Balaban J connectivity index is 1.57. The van der Waals surface area contributed by atoms with Crippen molar-refractivity contribution in [2.75, 3.05) is 21.3 Å². The van der Waals surface area contributed by atoms with Crippen molar-refractivity contribution in [2.24, 2.45) is 10.5 Å². The summed E-state index contributed by atoms with van der Waals surface area (Å²) in [6.45, 7) is 0. The van der Waals surface area contributed by atoms with E-state index in [0.29, 0.717) is 39.5 Å². The summed E-state index contributed by atoms with van der Waals surface area (Å²) in [5, 5.41) is 6.47. The van der Waals surface area contributed by atoms with Gasteiger partial charge in [0.1, 0.15) is 17.2 Å². The third-order valence-corrected chi connectivity index (χ3v) is 8.99. The summed E-state index contributed by atoms with van der Waals surface area (Å²) in [6, 6.07) is 24.7. The summed E-state index contributed by atoms with van der Waals surface area (Å²) in [4.78, 5) is 44.6. The normalized spacial score (nSPS) is 20.9. The highest BCUT2D eigenvalue weighted by atomic mass is 16.5. The van der Waals surface area contributed by atoms with Crippen LogP contribution in [0.2, 0.25) is 0 Å². The van der Waals surface area contributed by atoms with Crippen LogP contribution >= 0.6 is 0 Å². The molecule has 7 rings (SSSR count). The first-order valence-corrected chi connectivity index (χ1v) is 14.0. The van der Waals surface area contributed by atoms with Crippen molar-refractivity contribution in [3.8, 4) is 17.2 Å². The molecule has 3 aliphatic rings. The van der Waals surface area contributed by atoms with E-state index in [1.165, 1.54) is 14.2 Å². The van der Waals surface area contributed by atoms with Gasteiger partial charge in [-0.15, -0.1) is 0 Å². The monoisotopic (exact) mass is 572 g/mol. The Morgan fingerprint density at radius 3 is 2.05 bits per heavy atom. The highest BCUT2D eigenvalue weighted by Gasteiger charge is 2.73. The van der Waals surface area contributed by atoms with Crippen LogP contribution in [0.3, 0.4) is 0 Å². The van der Waals surface area contributed by atoms with Crippen LogP contribution in [0, 0.1) is 5.41 Å². The molecule has 0 aromatic heterocycles.